The molecule has 0 spiro atoms. The van der Waals surface area contributed by atoms with Crippen molar-refractivity contribution in [1.82, 2.24) is 10.2 Å². The SMILES string of the molecule is c1csc([C@@H](c2ccc3c(c2)Cc2ccccc2-3)N2CCNCC2)c1. The Morgan fingerprint density at radius 1 is 0.880 bits per heavy atom. The minimum atomic E-state index is 0.385. The van der Waals surface area contributed by atoms with E-state index in [1.54, 1.807) is 0 Å². The molecule has 2 heterocycles. The molecule has 0 unspecified atom stereocenters. The second-order valence-corrected chi connectivity index (χ2v) is 7.93. The van der Waals surface area contributed by atoms with Crippen molar-refractivity contribution in [2.45, 2.75) is 12.5 Å². The van der Waals surface area contributed by atoms with Gasteiger partial charge in [0.2, 0.25) is 0 Å². The third kappa shape index (κ3) is 2.73. The fourth-order valence-corrected chi connectivity index (χ4v) is 5.16. The minimum Gasteiger partial charge on any atom is -0.314 e. The maximum atomic E-state index is 3.48. The second kappa shape index (κ2) is 6.41. The third-order valence-corrected chi connectivity index (χ3v) is 6.39. The van der Waals surface area contributed by atoms with Gasteiger partial charge in [0.05, 0.1) is 6.04 Å². The number of nitrogens with zero attached hydrogens (tertiary/aromatic N) is 1. The van der Waals surface area contributed by atoms with E-state index in [1.165, 1.54) is 32.7 Å². The molecule has 1 aliphatic heterocycles. The lowest BCUT2D eigenvalue weighted by atomic mass is 9.97. The molecule has 2 nitrogen and oxygen atoms in total. The van der Waals surface area contributed by atoms with E-state index in [-0.39, 0.29) is 0 Å². The normalized spacial score (nSPS) is 17.9. The summed E-state index contributed by atoms with van der Waals surface area (Å²) in [5, 5.41) is 5.68. The Bertz CT molecular complexity index is 879. The lowest BCUT2D eigenvalue weighted by Gasteiger charge is -2.35. The number of hydrogen-bond acceptors (Lipinski definition) is 3. The molecule has 0 radical (unpaired) electrons. The number of piperazine rings is 1. The molecular weight excluding hydrogens is 324 g/mol. The lowest BCUT2D eigenvalue weighted by molar-refractivity contribution is 0.200. The molecule has 1 N–H and O–H groups in total. The highest BCUT2D eigenvalue weighted by atomic mass is 32.1. The van der Waals surface area contributed by atoms with Crippen LogP contribution in [-0.4, -0.2) is 31.1 Å². The molecule has 2 aromatic carbocycles. The summed E-state index contributed by atoms with van der Waals surface area (Å²) in [4.78, 5) is 4.09. The predicted molar refractivity (Wildman–Crippen MR) is 105 cm³/mol. The van der Waals surface area contributed by atoms with Crippen molar-refractivity contribution < 1.29 is 0 Å². The summed E-state index contributed by atoms with van der Waals surface area (Å²) in [5.41, 5.74) is 7.22. The Labute approximate surface area is 153 Å². The quantitative estimate of drug-likeness (QED) is 0.594. The highest BCUT2D eigenvalue weighted by molar-refractivity contribution is 7.10. The van der Waals surface area contributed by atoms with Crippen molar-refractivity contribution in [2.75, 3.05) is 26.2 Å². The predicted octanol–water partition coefficient (Wildman–Crippen LogP) is 4.31. The fraction of sp³-hybridized carbons (Fsp3) is 0.273. The van der Waals surface area contributed by atoms with Crippen LogP contribution >= 0.6 is 11.3 Å². The van der Waals surface area contributed by atoms with Crippen molar-refractivity contribution in [3.63, 3.8) is 0 Å². The average molecular weight is 346 g/mol. The van der Waals surface area contributed by atoms with Crippen molar-refractivity contribution in [2.24, 2.45) is 0 Å². The fourth-order valence-electron chi connectivity index (χ4n) is 4.28. The lowest BCUT2D eigenvalue weighted by Crippen LogP contribution is -2.45. The number of fused-ring (bicyclic) bond motifs is 3. The van der Waals surface area contributed by atoms with Gasteiger partial charge in [-0.1, -0.05) is 48.5 Å². The first kappa shape index (κ1) is 15.3. The molecule has 2 aliphatic rings. The topological polar surface area (TPSA) is 15.3 Å². The maximum Gasteiger partial charge on any atom is 0.0697 e. The summed E-state index contributed by atoms with van der Waals surface area (Å²) < 4.78 is 0. The molecule has 1 aliphatic carbocycles. The van der Waals surface area contributed by atoms with E-state index in [1.807, 2.05) is 11.3 Å². The van der Waals surface area contributed by atoms with Crippen LogP contribution in [0.25, 0.3) is 11.1 Å². The summed E-state index contributed by atoms with van der Waals surface area (Å²) in [6.45, 7) is 4.39. The number of benzene rings is 2. The second-order valence-electron chi connectivity index (χ2n) is 6.95. The molecule has 3 aromatic rings. The first-order valence-corrected chi connectivity index (χ1v) is 9.97. The summed E-state index contributed by atoms with van der Waals surface area (Å²) in [6, 6.07) is 20.8. The summed E-state index contributed by atoms with van der Waals surface area (Å²) >= 11 is 1.88. The Morgan fingerprint density at radius 2 is 1.72 bits per heavy atom. The smallest absolute Gasteiger partial charge is 0.0697 e. The number of nitrogens with one attached hydrogen (secondary N) is 1. The van der Waals surface area contributed by atoms with Crippen molar-refractivity contribution in [1.29, 1.82) is 0 Å². The first-order valence-electron chi connectivity index (χ1n) is 9.09. The van der Waals surface area contributed by atoms with Crippen LogP contribution in [0.5, 0.6) is 0 Å². The van der Waals surface area contributed by atoms with Crippen LogP contribution in [0, 0.1) is 0 Å². The van der Waals surface area contributed by atoms with Gasteiger partial charge in [-0.05, 0) is 45.7 Å². The van der Waals surface area contributed by atoms with Crippen LogP contribution in [0.1, 0.15) is 27.6 Å². The van der Waals surface area contributed by atoms with Crippen LogP contribution < -0.4 is 5.32 Å². The Kier molecular flexibility index (Phi) is 3.93. The van der Waals surface area contributed by atoms with Gasteiger partial charge in [-0.15, -0.1) is 11.3 Å². The van der Waals surface area contributed by atoms with Crippen molar-refractivity contribution in [3.8, 4) is 11.1 Å². The zero-order chi connectivity index (χ0) is 16.6. The van der Waals surface area contributed by atoms with Crippen LogP contribution in [-0.2, 0) is 6.42 Å². The molecule has 1 atom stereocenters. The summed E-state index contributed by atoms with van der Waals surface area (Å²) in [7, 11) is 0. The van der Waals surface area contributed by atoms with E-state index in [9.17, 15) is 0 Å². The molecule has 1 saturated heterocycles. The van der Waals surface area contributed by atoms with Crippen LogP contribution in [0.4, 0.5) is 0 Å². The van der Waals surface area contributed by atoms with Gasteiger partial charge in [0.1, 0.15) is 0 Å². The number of rotatable bonds is 3. The third-order valence-electron chi connectivity index (χ3n) is 5.46. The van der Waals surface area contributed by atoms with E-state index in [0.717, 1.165) is 32.6 Å². The summed E-state index contributed by atoms with van der Waals surface area (Å²) in [5.74, 6) is 0. The van der Waals surface area contributed by atoms with Crippen LogP contribution in [0.2, 0.25) is 0 Å². The van der Waals surface area contributed by atoms with Gasteiger partial charge in [-0.3, -0.25) is 4.90 Å². The van der Waals surface area contributed by atoms with E-state index < -0.39 is 0 Å². The van der Waals surface area contributed by atoms with E-state index in [2.05, 4.69) is 70.2 Å². The van der Waals surface area contributed by atoms with Gasteiger partial charge < -0.3 is 5.32 Å². The van der Waals surface area contributed by atoms with Gasteiger partial charge in [-0.25, -0.2) is 0 Å². The molecular formula is C22H22N2S. The molecule has 5 rings (SSSR count). The molecule has 0 saturated carbocycles. The zero-order valence-corrected chi connectivity index (χ0v) is 15.1. The monoisotopic (exact) mass is 346 g/mol. The van der Waals surface area contributed by atoms with Crippen molar-refractivity contribution >= 4 is 11.3 Å². The first-order chi connectivity index (χ1) is 12.4. The highest BCUT2D eigenvalue weighted by Gasteiger charge is 2.26. The largest absolute Gasteiger partial charge is 0.314 e. The number of hydrogen-bond donors (Lipinski definition) is 1. The standard InChI is InChI=1S/C22H22N2S/c1-2-5-19-16(4-1)14-18-15-17(7-8-20(18)19)22(21-6-3-13-25-21)24-11-9-23-10-12-24/h1-8,13,15,22-23H,9-12,14H2/t22-/m1/s1. The van der Waals surface area contributed by atoms with E-state index in [4.69, 9.17) is 0 Å². The Balaban J connectivity index is 1.55. The average Bonchev–Trinajstić information content (AvgIpc) is 3.30. The number of thiophene rings is 1. The minimum absolute atomic E-state index is 0.385. The van der Waals surface area contributed by atoms with Gasteiger partial charge in [0, 0.05) is 31.1 Å². The molecule has 0 bridgehead atoms. The Morgan fingerprint density at radius 3 is 2.56 bits per heavy atom. The van der Waals surface area contributed by atoms with Crippen LogP contribution in [0.15, 0.2) is 60.0 Å². The van der Waals surface area contributed by atoms with E-state index in [0.29, 0.717) is 6.04 Å². The van der Waals surface area contributed by atoms with Crippen LogP contribution in [0.3, 0.4) is 0 Å². The van der Waals surface area contributed by atoms with Gasteiger partial charge in [-0.2, -0.15) is 0 Å². The molecule has 1 fully saturated rings. The van der Waals surface area contributed by atoms with Gasteiger partial charge in [0.25, 0.3) is 0 Å². The Hall–Kier alpha value is -1.94. The highest BCUT2D eigenvalue weighted by Crippen LogP contribution is 2.40. The molecule has 126 valence electrons. The molecule has 0 amide bonds. The van der Waals surface area contributed by atoms with Gasteiger partial charge >= 0.3 is 0 Å². The summed E-state index contributed by atoms with van der Waals surface area (Å²) in [6.07, 6.45) is 1.07. The van der Waals surface area contributed by atoms with Gasteiger partial charge in [0.15, 0.2) is 0 Å². The van der Waals surface area contributed by atoms with Crippen molar-refractivity contribution in [3.05, 3.63) is 81.5 Å². The molecule has 1 aromatic heterocycles. The molecule has 25 heavy (non-hydrogen) atoms. The zero-order valence-electron chi connectivity index (χ0n) is 14.2. The molecule has 3 heteroatoms. The van der Waals surface area contributed by atoms with E-state index >= 15 is 0 Å². The maximum absolute atomic E-state index is 3.48.